The molecular weight excluding hydrogens is 376 g/mol. The van der Waals surface area contributed by atoms with Gasteiger partial charge < -0.3 is 10.4 Å². The molecule has 1 aliphatic heterocycles. The molecule has 1 aliphatic carbocycles. The lowest BCUT2D eigenvalue weighted by Crippen LogP contribution is -2.40. The number of allylic oxidation sites excluding steroid dienone is 2. The first-order valence-electron chi connectivity index (χ1n) is 9.05. The number of ketones is 1. The van der Waals surface area contributed by atoms with Crippen LogP contribution in [0.1, 0.15) is 29.5 Å². The Morgan fingerprint density at radius 1 is 1.14 bits per heavy atom. The van der Waals surface area contributed by atoms with Crippen molar-refractivity contribution in [1.29, 1.82) is 0 Å². The highest BCUT2D eigenvalue weighted by Crippen LogP contribution is 2.44. The van der Waals surface area contributed by atoms with Gasteiger partial charge in [-0.25, -0.2) is 4.68 Å². The lowest BCUT2D eigenvalue weighted by atomic mass is 9.76. The summed E-state index contributed by atoms with van der Waals surface area (Å²) in [4.78, 5) is 17.6. The van der Waals surface area contributed by atoms with Crippen molar-refractivity contribution in [2.45, 2.75) is 18.4 Å². The van der Waals surface area contributed by atoms with Gasteiger partial charge in [-0.15, -0.1) is 0 Å². The molecule has 7 heteroatoms. The van der Waals surface area contributed by atoms with Crippen LogP contribution in [0, 0.1) is 5.92 Å². The van der Waals surface area contributed by atoms with Crippen molar-refractivity contribution < 1.29 is 9.90 Å². The van der Waals surface area contributed by atoms with Crippen LogP contribution in [0.4, 0.5) is 5.95 Å². The molecule has 0 unspecified atom stereocenters. The summed E-state index contributed by atoms with van der Waals surface area (Å²) in [5.74, 6) is 0.492. The molecule has 1 aromatic heterocycles. The molecule has 140 valence electrons. The maximum absolute atomic E-state index is 13.3. The normalized spacial score (nSPS) is 23.4. The lowest BCUT2D eigenvalue weighted by molar-refractivity contribution is -0.123. The smallest absolute Gasteiger partial charge is 0.226 e. The Hall–Kier alpha value is -3.12. The Morgan fingerprint density at radius 3 is 2.75 bits per heavy atom. The molecule has 3 aromatic rings. The van der Waals surface area contributed by atoms with Crippen molar-refractivity contribution in [2.75, 3.05) is 5.32 Å². The summed E-state index contributed by atoms with van der Waals surface area (Å²) in [5, 5.41) is 17.9. The number of aromatic nitrogens is 3. The maximum Gasteiger partial charge on any atom is 0.226 e. The summed E-state index contributed by atoms with van der Waals surface area (Å²) in [5.41, 5.74) is 2.75. The number of benzene rings is 2. The number of carbonyl (C=O) groups is 1. The molecule has 3 atom stereocenters. The van der Waals surface area contributed by atoms with E-state index in [-0.39, 0.29) is 29.4 Å². The molecule has 2 N–H and O–H groups in total. The van der Waals surface area contributed by atoms with Gasteiger partial charge in [0.1, 0.15) is 17.9 Å². The van der Waals surface area contributed by atoms with E-state index in [0.717, 1.165) is 16.8 Å². The molecule has 0 bridgehead atoms. The molecule has 2 heterocycles. The second kappa shape index (κ2) is 6.49. The predicted molar refractivity (Wildman–Crippen MR) is 105 cm³/mol. The second-order valence-electron chi connectivity index (χ2n) is 7.12. The molecule has 0 amide bonds. The molecule has 5 rings (SSSR count). The van der Waals surface area contributed by atoms with E-state index in [4.69, 9.17) is 11.6 Å². The van der Waals surface area contributed by atoms with E-state index in [2.05, 4.69) is 21.5 Å². The highest BCUT2D eigenvalue weighted by molar-refractivity contribution is 6.30. The minimum Gasteiger partial charge on any atom is -0.508 e. The van der Waals surface area contributed by atoms with Gasteiger partial charge in [-0.2, -0.15) is 10.1 Å². The summed E-state index contributed by atoms with van der Waals surface area (Å²) in [6.07, 6.45) is 3.98. The molecule has 0 spiro atoms. The van der Waals surface area contributed by atoms with Crippen LogP contribution >= 0.6 is 11.6 Å². The third-order valence-corrected chi connectivity index (χ3v) is 5.64. The number of nitrogens with zero attached hydrogens (tertiary/aromatic N) is 3. The minimum absolute atomic E-state index is 0.0418. The van der Waals surface area contributed by atoms with Gasteiger partial charge in [0.15, 0.2) is 0 Å². The zero-order chi connectivity index (χ0) is 19.3. The van der Waals surface area contributed by atoms with Gasteiger partial charge in [-0.1, -0.05) is 41.9 Å². The van der Waals surface area contributed by atoms with Gasteiger partial charge in [0.25, 0.3) is 0 Å². The predicted octanol–water partition coefficient (Wildman–Crippen LogP) is 3.91. The first-order valence-corrected chi connectivity index (χ1v) is 9.43. The summed E-state index contributed by atoms with van der Waals surface area (Å²) >= 11 is 6.14. The molecule has 2 aromatic carbocycles. The third kappa shape index (κ3) is 2.77. The van der Waals surface area contributed by atoms with Crippen LogP contribution in [-0.4, -0.2) is 25.7 Å². The Bertz CT molecular complexity index is 1090. The van der Waals surface area contributed by atoms with Gasteiger partial charge in [0.05, 0.1) is 12.0 Å². The van der Waals surface area contributed by atoms with E-state index in [9.17, 15) is 9.90 Å². The fourth-order valence-corrected chi connectivity index (χ4v) is 4.33. The fourth-order valence-electron chi connectivity index (χ4n) is 4.13. The number of phenols is 1. The van der Waals surface area contributed by atoms with E-state index >= 15 is 0 Å². The average molecular weight is 393 g/mol. The molecular formula is C21H17ClN4O2. The van der Waals surface area contributed by atoms with Crippen LogP contribution in [0.5, 0.6) is 5.75 Å². The first-order chi connectivity index (χ1) is 13.6. The van der Waals surface area contributed by atoms with Crippen molar-refractivity contribution in [2.24, 2.45) is 5.92 Å². The number of halogens is 1. The Morgan fingerprint density at radius 2 is 1.96 bits per heavy atom. The van der Waals surface area contributed by atoms with Crippen LogP contribution in [-0.2, 0) is 4.79 Å². The molecule has 0 radical (unpaired) electrons. The Kier molecular flexibility index (Phi) is 3.94. The maximum atomic E-state index is 13.3. The molecule has 0 fully saturated rings. The average Bonchev–Trinajstić information content (AvgIpc) is 3.15. The van der Waals surface area contributed by atoms with Crippen LogP contribution in [0.3, 0.4) is 0 Å². The number of phenolic OH excluding ortho intramolecular Hbond substituents is 1. The van der Waals surface area contributed by atoms with E-state index in [0.29, 0.717) is 17.4 Å². The van der Waals surface area contributed by atoms with Gasteiger partial charge in [0.2, 0.25) is 5.95 Å². The third-order valence-electron chi connectivity index (χ3n) is 5.40. The van der Waals surface area contributed by atoms with E-state index < -0.39 is 0 Å². The van der Waals surface area contributed by atoms with Crippen molar-refractivity contribution in [3.05, 3.63) is 82.8 Å². The van der Waals surface area contributed by atoms with E-state index in [1.165, 1.54) is 6.33 Å². The number of rotatable bonds is 2. The first kappa shape index (κ1) is 17.0. The van der Waals surface area contributed by atoms with Gasteiger partial charge in [-0.3, -0.25) is 4.79 Å². The zero-order valence-corrected chi connectivity index (χ0v) is 15.5. The number of hydrogen-bond acceptors (Lipinski definition) is 5. The van der Waals surface area contributed by atoms with Crippen LogP contribution < -0.4 is 5.32 Å². The Labute approximate surface area is 166 Å². The van der Waals surface area contributed by atoms with Crippen molar-refractivity contribution in [3.63, 3.8) is 0 Å². The summed E-state index contributed by atoms with van der Waals surface area (Å²) in [6, 6.07) is 14.2. The van der Waals surface area contributed by atoms with Crippen molar-refractivity contribution >= 4 is 23.3 Å². The zero-order valence-electron chi connectivity index (χ0n) is 14.8. The molecule has 2 aliphatic rings. The van der Waals surface area contributed by atoms with E-state index in [1.807, 2.05) is 36.4 Å². The summed E-state index contributed by atoms with van der Waals surface area (Å²) in [7, 11) is 0. The van der Waals surface area contributed by atoms with Crippen LogP contribution in [0.25, 0.3) is 0 Å². The number of carbonyl (C=O) groups excluding carboxylic acids is 1. The second-order valence-corrected chi connectivity index (χ2v) is 7.56. The number of nitrogens with one attached hydrogen (secondary N) is 1. The number of anilines is 1. The van der Waals surface area contributed by atoms with Gasteiger partial charge >= 0.3 is 0 Å². The number of fused-ring (bicyclic) bond motifs is 2. The fraction of sp³-hybridized carbons (Fsp3) is 0.190. The largest absolute Gasteiger partial charge is 0.508 e. The molecule has 6 nitrogen and oxygen atoms in total. The van der Waals surface area contributed by atoms with E-state index in [1.54, 1.807) is 16.8 Å². The van der Waals surface area contributed by atoms with Crippen molar-refractivity contribution in [1.82, 2.24) is 14.8 Å². The van der Waals surface area contributed by atoms with Crippen LogP contribution in [0.15, 0.2) is 66.6 Å². The van der Waals surface area contributed by atoms with Gasteiger partial charge in [0, 0.05) is 23.1 Å². The Balaban J connectivity index is 1.61. The number of hydrogen-bond donors (Lipinski definition) is 2. The standard InChI is InChI=1S/C21H17ClN4O2/c22-15-3-1-2-13(8-15)14-9-17-19(18(28)10-14)20(12-4-6-16(27)7-5-12)26-21(25-17)23-11-24-26/h1-9,11,14,19-20,27H,10H2,(H,23,24,25)/t14-,19-,20-/m0/s1. The highest BCUT2D eigenvalue weighted by atomic mass is 35.5. The monoisotopic (exact) mass is 392 g/mol. The topological polar surface area (TPSA) is 80.0 Å². The van der Waals surface area contributed by atoms with Gasteiger partial charge in [-0.05, 0) is 35.4 Å². The number of aromatic hydroxyl groups is 1. The quantitative estimate of drug-likeness (QED) is 0.691. The van der Waals surface area contributed by atoms with Crippen LogP contribution in [0.2, 0.25) is 5.02 Å². The molecule has 28 heavy (non-hydrogen) atoms. The number of Topliss-reactive ketones (excluding diaryl/α,β-unsaturated/α-hetero) is 1. The molecule has 0 saturated carbocycles. The highest BCUT2D eigenvalue weighted by Gasteiger charge is 2.43. The SMILES string of the molecule is O=C1C[C@@H](c2cccc(Cl)c2)C=C2Nc3ncnn3[C@@H](c3ccc(O)cc3)[C@H]12. The lowest BCUT2D eigenvalue weighted by Gasteiger charge is -2.38. The minimum atomic E-state index is -0.380. The molecule has 0 saturated heterocycles. The summed E-state index contributed by atoms with van der Waals surface area (Å²) in [6.45, 7) is 0. The van der Waals surface area contributed by atoms with Crippen molar-refractivity contribution in [3.8, 4) is 5.75 Å². The summed E-state index contributed by atoms with van der Waals surface area (Å²) < 4.78 is 1.74.